The van der Waals surface area contributed by atoms with Gasteiger partial charge >= 0.3 is 0 Å². The number of rotatable bonds is 8. The zero-order valence-corrected chi connectivity index (χ0v) is 16.6. The first kappa shape index (κ1) is 20.4. The van der Waals surface area contributed by atoms with E-state index in [1.54, 1.807) is 13.3 Å². The normalized spacial score (nSPS) is 11.0. The van der Waals surface area contributed by atoms with Crippen molar-refractivity contribution in [2.45, 2.75) is 20.0 Å². The van der Waals surface area contributed by atoms with Gasteiger partial charge in [0.1, 0.15) is 0 Å². The van der Waals surface area contributed by atoms with Crippen molar-refractivity contribution >= 4 is 29.9 Å². The van der Waals surface area contributed by atoms with Gasteiger partial charge in [-0.15, -0.1) is 24.0 Å². The van der Waals surface area contributed by atoms with Crippen molar-refractivity contribution in [3.63, 3.8) is 0 Å². The largest absolute Gasteiger partial charge is 0.383 e. The summed E-state index contributed by atoms with van der Waals surface area (Å²) in [6, 6.07) is 10.4. The molecule has 24 heavy (non-hydrogen) atoms. The molecule has 0 spiro atoms. The van der Waals surface area contributed by atoms with Crippen molar-refractivity contribution in [2.24, 2.45) is 4.99 Å². The molecule has 6 nitrogen and oxygen atoms in total. The number of halogens is 1. The first-order valence-electron chi connectivity index (χ1n) is 7.88. The Hall–Kier alpha value is -1.61. The van der Waals surface area contributed by atoms with E-state index in [0.29, 0.717) is 13.2 Å². The number of hydrogen-bond acceptors (Lipinski definition) is 3. The van der Waals surface area contributed by atoms with Gasteiger partial charge in [-0.3, -0.25) is 4.68 Å². The third-order valence-corrected chi connectivity index (χ3v) is 3.26. The van der Waals surface area contributed by atoms with Gasteiger partial charge in [-0.2, -0.15) is 5.10 Å². The summed E-state index contributed by atoms with van der Waals surface area (Å²) in [5, 5.41) is 10.7. The summed E-state index contributed by atoms with van der Waals surface area (Å²) in [7, 11) is 1.69. The van der Waals surface area contributed by atoms with Crippen LogP contribution in [0.25, 0.3) is 0 Å². The zero-order valence-electron chi connectivity index (χ0n) is 14.2. The Labute approximate surface area is 160 Å². The molecule has 132 valence electrons. The topological polar surface area (TPSA) is 63.5 Å². The SMILES string of the molecule is CCNC(=NCc1cccc(Cn2cccn2)c1)NCCOC.I. The molecule has 1 aromatic heterocycles. The average Bonchev–Trinajstić information content (AvgIpc) is 3.06. The lowest BCUT2D eigenvalue weighted by molar-refractivity contribution is 0.203. The smallest absolute Gasteiger partial charge is 0.191 e. The van der Waals surface area contributed by atoms with Crippen molar-refractivity contribution in [2.75, 3.05) is 26.8 Å². The second kappa shape index (κ2) is 11.9. The van der Waals surface area contributed by atoms with Crippen LogP contribution in [0.5, 0.6) is 0 Å². The Morgan fingerprint density at radius 3 is 2.79 bits per heavy atom. The molecule has 0 amide bonds. The van der Waals surface area contributed by atoms with Crippen LogP contribution in [0.15, 0.2) is 47.7 Å². The monoisotopic (exact) mass is 443 g/mol. The Morgan fingerprint density at radius 2 is 2.08 bits per heavy atom. The lowest BCUT2D eigenvalue weighted by Gasteiger charge is -2.11. The summed E-state index contributed by atoms with van der Waals surface area (Å²) in [6.45, 7) is 5.69. The van der Waals surface area contributed by atoms with Crippen LogP contribution in [0.3, 0.4) is 0 Å². The van der Waals surface area contributed by atoms with Crippen LogP contribution in [0.1, 0.15) is 18.1 Å². The molecule has 0 saturated carbocycles. The maximum Gasteiger partial charge on any atom is 0.191 e. The molecular weight excluding hydrogens is 417 g/mol. The highest BCUT2D eigenvalue weighted by Gasteiger charge is 2.00. The van der Waals surface area contributed by atoms with Crippen molar-refractivity contribution in [3.8, 4) is 0 Å². The van der Waals surface area contributed by atoms with Gasteiger partial charge in [-0.25, -0.2) is 4.99 Å². The lowest BCUT2D eigenvalue weighted by atomic mass is 10.1. The van der Waals surface area contributed by atoms with E-state index in [1.165, 1.54) is 11.1 Å². The highest BCUT2D eigenvalue weighted by molar-refractivity contribution is 14.0. The van der Waals surface area contributed by atoms with Crippen LogP contribution in [0.2, 0.25) is 0 Å². The highest BCUT2D eigenvalue weighted by atomic mass is 127. The number of benzene rings is 1. The molecule has 7 heteroatoms. The summed E-state index contributed by atoms with van der Waals surface area (Å²) in [4.78, 5) is 4.61. The molecule has 2 rings (SSSR count). The van der Waals surface area contributed by atoms with E-state index in [0.717, 1.165) is 25.6 Å². The molecular formula is C17H26IN5O. The van der Waals surface area contributed by atoms with Gasteiger partial charge in [0.2, 0.25) is 0 Å². The van der Waals surface area contributed by atoms with Gasteiger partial charge in [0, 0.05) is 32.6 Å². The van der Waals surface area contributed by atoms with Gasteiger partial charge in [-0.1, -0.05) is 24.3 Å². The van der Waals surface area contributed by atoms with Crippen molar-refractivity contribution in [1.29, 1.82) is 0 Å². The van der Waals surface area contributed by atoms with E-state index in [4.69, 9.17) is 4.74 Å². The van der Waals surface area contributed by atoms with Crippen LogP contribution in [0.4, 0.5) is 0 Å². The Bertz CT molecular complexity index is 601. The summed E-state index contributed by atoms with van der Waals surface area (Å²) < 4.78 is 6.96. The molecule has 2 N–H and O–H groups in total. The minimum absolute atomic E-state index is 0. The van der Waals surface area contributed by atoms with Gasteiger partial charge in [-0.05, 0) is 24.1 Å². The average molecular weight is 443 g/mol. The van der Waals surface area contributed by atoms with Crippen LogP contribution >= 0.6 is 24.0 Å². The number of aromatic nitrogens is 2. The van der Waals surface area contributed by atoms with Gasteiger partial charge in [0.05, 0.1) is 19.7 Å². The predicted molar refractivity (Wildman–Crippen MR) is 108 cm³/mol. The molecule has 0 radical (unpaired) electrons. The number of aliphatic imine (C=N–C) groups is 1. The highest BCUT2D eigenvalue weighted by Crippen LogP contribution is 2.08. The van der Waals surface area contributed by atoms with E-state index in [-0.39, 0.29) is 24.0 Å². The minimum atomic E-state index is 0. The fourth-order valence-corrected chi connectivity index (χ4v) is 2.19. The molecule has 2 aromatic rings. The van der Waals surface area contributed by atoms with E-state index in [9.17, 15) is 0 Å². The lowest BCUT2D eigenvalue weighted by Crippen LogP contribution is -2.38. The molecule has 0 bridgehead atoms. The molecule has 0 unspecified atom stereocenters. The number of ether oxygens (including phenoxy) is 1. The molecule has 0 aliphatic rings. The van der Waals surface area contributed by atoms with E-state index >= 15 is 0 Å². The first-order chi connectivity index (χ1) is 11.3. The van der Waals surface area contributed by atoms with Crippen molar-refractivity contribution in [3.05, 3.63) is 53.9 Å². The zero-order chi connectivity index (χ0) is 16.3. The van der Waals surface area contributed by atoms with Gasteiger partial charge in [0.25, 0.3) is 0 Å². The summed E-state index contributed by atoms with van der Waals surface area (Å²) in [5.74, 6) is 0.807. The van der Waals surface area contributed by atoms with E-state index < -0.39 is 0 Å². The number of hydrogen-bond donors (Lipinski definition) is 2. The van der Waals surface area contributed by atoms with Crippen LogP contribution in [0, 0.1) is 0 Å². The maximum atomic E-state index is 5.05. The number of nitrogens with one attached hydrogen (secondary N) is 2. The third kappa shape index (κ3) is 7.31. The number of guanidine groups is 1. The fraction of sp³-hybridized carbons (Fsp3) is 0.412. The fourth-order valence-electron chi connectivity index (χ4n) is 2.19. The van der Waals surface area contributed by atoms with Gasteiger partial charge < -0.3 is 15.4 Å². The number of nitrogens with zero attached hydrogens (tertiary/aromatic N) is 3. The molecule has 0 atom stereocenters. The third-order valence-electron chi connectivity index (χ3n) is 3.26. The Morgan fingerprint density at radius 1 is 1.25 bits per heavy atom. The van der Waals surface area contributed by atoms with Gasteiger partial charge in [0.15, 0.2) is 5.96 Å². The maximum absolute atomic E-state index is 5.05. The Balaban J connectivity index is 0.00000288. The Kier molecular flexibility index (Phi) is 10.1. The minimum Gasteiger partial charge on any atom is -0.383 e. The van der Waals surface area contributed by atoms with Crippen molar-refractivity contribution < 1.29 is 4.74 Å². The molecule has 0 saturated heterocycles. The van der Waals surface area contributed by atoms with Crippen LogP contribution < -0.4 is 10.6 Å². The summed E-state index contributed by atoms with van der Waals surface area (Å²) >= 11 is 0. The van der Waals surface area contributed by atoms with E-state index in [1.807, 2.05) is 16.9 Å². The molecule has 0 fully saturated rings. The molecule has 0 aliphatic carbocycles. The standard InChI is InChI=1S/C17H25N5O.HI/c1-3-18-17(19-9-11-23-2)20-13-15-6-4-7-16(12-15)14-22-10-5-8-21-22;/h4-8,10,12H,3,9,11,13-14H2,1-2H3,(H2,18,19,20);1H. The van der Waals surface area contributed by atoms with Crippen molar-refractivity contribution in [1.82, 2.24) is 20.4 Å². The molecule has 1 heterocycles. The first-order valence-corrected chi connectivity index (χ1v) is 7.88. The quantitative estimate of drug-likeness (QED) is 0.285. The van der Waals surface area contributed by atoms with Crippen LogP contribution in [-0.2, 0) is 17.8 Å². The second-order valence-electron chi connectivity index (χ2n) is 5.14. The van der Waals surface area contributed by atoms with E-state index in [2.05, 4.69) is 51.9 Å². The summed E-state index contributed by atoms with van der Waals surface area (Å²) in [6.07, 6.45) is 3.76. The molecule has 1 aromatic carbocycles. The predicted octanol–water partition coefficient (Wildman–Crippen LogP) is 2.25. The summed E-state index contributed by atoms with van der Waals surface area (Å²) in [5.41, 5.74) is 2.40. The second-order valence-corrected chi connectivity index (χ2v) is 5.14. The molecule has 0 aliphatic heterocycles. The van der Waals surface area contributed by atoms with Crippen LogP contribution in [-0.4, -0.2) is 42.5 Å². The number of methoxy groups -OCH3 is 1.